The van der Waals surface area contributed by atoms with Crippen LogP contribution in [0.4, 0.5) is 0 Å². The molecule has 0 radical (unpaired) electrons. The molecule has 0 aliphatic heterocycles. The zero-order valence-corrected chi connectivity index (χ0v) is 12.1. The normalized spacial score (nSPS) is 11.8. The van der Waals surface area contributed by atoms with Gasteiger partial charge in [-0.3, -0.25) is 4.79 Å². The monoisotopic (exact) mass is 288 g/mol. The summed E-state index contributed by atoms with van der Waals surface area (Å²) in [5, 5.41) is 9.38. The van der Waals surface area contributed by atoms with E-state index in [0.29, 0.717) is 27.8 Å². The summed E-state index contributed by atoms with van der Waals surface area (Å²) in [7, 11) is 4.45. The van der Waals surface area contributed by atoms with E-state index in [9.17, 15) is 4.79 Å². The number of aliphatic carboxylic acids is 1. The van der Waals surface area contributed by atoms with Crippen molar-refractivity contribution in [1.82, 2.24) is 0 Å². The summed E-state index contributed by atoms with van der Waals surface area (Å²) in [5.41, 5.74) is 0.594. The third kappa shape index (κ3) is 3.23. The van der Waals surface area contributed by atoms with E-state index < -0.39 is 11.9 Å². The number of ether oxygens (including phenoxy) is 3. The number of hydrogen-bond acceptors (Lipinski definition) is 4. The molecule has 1 aromatic rings. The molecule has 1 N–H and O–H groups in total. The van der Waals surface area contributed by atoms with Crippen LogP contribution in [0.1, 0.15) is 12.5 Å². The van der Waals surface area contributed by atoms with Crippen LogP contribution in [0.2, 0.25) is 5.02 Å². The number of carbonyl (C=O) groups is 1. The van der Waals surface area contributed by atoms with Crippen LogP contribution in [0.3, 0.4) is 0 Å². The molecule has 1 aromatic carbocycles. The van der Waals surface area contributed by atoms with E-state index in [1.807, 2.05) is 0 Å². The summed E-state index contributed by atoms with van der Waals surface area (Å²) in [4.78, 5) is 11.0. The summed E-state index contributed by atoms with van der Waals surface area (Å²) >= 11 is 6.16. The molecule has 1 unspecified atom stereocenters. The van der Waals surface area contributed by atoms with Gasteiger partial charge in [0.05, 0.1) is 32.3 Å². The second kappa shape index (κ2) is 6.52. The zero-order valence-electron chi connectivity index (χ0n) is 11.3. The highest BCUT2D eigenvalue weighted by Gasteiger charge is 2.23. The molecule has 1 rings (SSSR count). The van der Waals surface area contributed by atoms with Gasteiger partial charge < -0.3 is 19.3 Å². The van der Waals surface area contributed by atoms with Crippen LogP contribution in [0.15, 0.2) is 6.07 Å². The summed E-state index contributed by atoms with van der Waals surface area (Å²) in [6.07, 6.45) is 0.248. The first-order valence-electron chi connectivity index (χ1n) is 5.66. The van der Waals surface area contributed by atoms with Crippen molar-refractivity contribution in [2.45, 2.75) is 13.3 Å². The van der Waals surface area contributed by atoms with E-state index in [-0.39, 0.29) is 6.42 Å². The molecule has 0 saturated carbocycles. The second-order valence-electron chi connectivity index (χ2n) is 4.05. The lowest BCUT2D eigenvalue weighted by Gasteiger charge is -2.18. The highest BCUT2D eigenvalue weighted by molar-refractivity contribution is 6.31. The van der Waals surface area contributed by atoms with Crippen molar-refractivity contribution in [3.05, 3.63) is 16.7 Å². The van der Waals surface area contributed by atoms with Crippen molar-refractivity contribution in [1.29, 1.82) is 0 Å². The Morgan fingerprint density at radius 2 is 1.84 bits per heavy atom. The van der Waals surface area contributed by atoms with Crippen molar-refractivity contribution >= 4 is 17.6 Å². The first-order chi connectivity index (χ1) is 8.96. The van der Waals surface area contributed by atoms with E-state index in [2.05, 4.69) is 0 Å². The van der Waals surface area contributed by atoms with E-state index in [1.54, 1.807) is 13.0 Å². The number of halogens is 1. The van der Waals surface area contributed by atoms with Gasteiger partial charge in [-0.25, -0.2) is 0 Å². The lowest BCUT2D eigenvalue weighted by molar-refractivity contribution is -0.141. The van der Waals surface area contributed by atoms with Crippen molar-refractivity contribution in [3.8, 4) is 17.2 Å². The lowest BCUT2D eigenvalue weighted by atomic mass is 9.99. The van der Waals surface area contributed by atoms with Gasteiger partial charge in [-0.1, -0.05) is 18.5 Å². The zero-order chi connectivity index (χ0) is 14.6. The third-order valence-corrected chi connectivity index (χ3v) is 3.15. The maximum Gasteiger partial charge on any atom is 0.306 e. The molecule has 1 atom stereocenters. The SMILES string of the molecule is COc1cc(Cl)c(CC(C)C(=O)O)c(OC)c1OC. The van der Waals surface area contributed by atoms with E-state index in [0.717, 1.165) is 0 Å². The minimum absolute atomic E-state index is 0.248. The van der Waals surface area contributed by atoms with Crippen LogP contribution in [-0.2, 0) is 11.2 Å². The van der Waals surface area contributed by atoms with Crippen molar-refractivity contribution < 1.29 is 24.1 Å². The Morgan fingerprint density at radius 1 is 1.26 bits per heavy atom. The van der Waals surface area contributed by atoms with E-state index in [1.165, 1.54) is 21.3 Å². The maximum atomic E-state index is 11.0. The molecule has 0 aliphatic rings. The Morgan fingerprint density at radius 3 is 2.26 bits per heavy atom. The summed E-state index contributed by atoms with van der Waals surface area (Å²) in [6, 6.07) is 1.59. The van der Waals surface area contributed by atoms with Gasteiger partial charge in [-0.15, -0.1) is 0 Å². The molecule has 5 nitrogen and oxygen atoms in total. The van der Waals surface area contributed by atoms with E-state index in [4.69, 9.17) is 30.9 Å². The third-order valence-electron chi connectivity index (χ3n) is 2.81. The standard InChI is InChI=1S/C13H17ClO5/c1-7(13(15)16)5-8-9(14)6-10(17-2)12(19-4)11(8)18-3/h6-7H,5H2,1-4H3,(H,15,16). The van der Waals surface area contributed by atoms with Crippen molar-refractivity contribution in [3.63, 3.8) is 0 Å². The number of methoxy groups -OCH3 is 3. The van der Waals surface area contributed by atoms with Gasteiger partial charge in [0.2, 0.25) is 5.75 Å². The molecule has 0 fully saturated rings. The first kappa shape index (κ1) is 15.4. The number of benzene rings is 1. The highest BCUT2D eigenvalue weighted by Crippen LogP contribution is 2.44. The molecule has 6 heteroatoms. The molecule has 0 amide bonds. The van der Waals surface area contributed by atoms with Gasteiger partial charge in [-0.05, 0) is 6.42 Å². The largest absolute Gasteiger partial charge is 0.493 e. The molecular formula is C13H17ClO5. The Balaban J connectivity index is 3.34. The molecule has 0 saturated heterocycles. The molecule has 0 spiro atoms. The minimum atomic E-state index is -0.895. The summed E-state index contributed by atoms with van der Waals surface area (Å²) in [5.74, 6) is -0.226. The van der Waals surface area contributed by atoms with Crippen LogP contribution < -0.4 is 14.2 Å². The number of carboxylic acid groups (broad SMARTS) is 1. The highest BCUT2D eigenvalue weighted by atomic mass is 35.5. The minimum Gasteiger partial charge on any atom is -0.493 e. The Labute approximate surface area is 117 Å². The Hall–Kier alpha value is -1.62. The van der Waals surface area contributed by atoms with Gasteiger partial charge in [0.1, 0.15) is 0 Å². The van der Waals surface area contributed by atoms with Crippen molar-refractivity contribution in [2.24, 2.45) is 5.92 Å². The van der Waals surface area contributed by atoms with Crippen LogP contribution in [-0.4, -0.2) is 32.4 Å². The number of carboxylic acids is 1. The molecule has 0 heterocycles. The second-order valence-corrected chi connectivity index (χ2v) is 4.46. The smallest absolute Gasteiger partial charge is 0.306 e. The molecule has 19 heavy (non-hydrogen) atoms. The average Bonchev–Trinajstić information content (AvgIpc) is 2.39. The van der Waals surface area contributed by atoms with Gasteiger partial charge in [0.25, 0.3) is 0 Å². The fraction of sp³-hybridized carbons (Fsp3) is 0.462. The number of rotatable bonds is 6. The molecule has 106 valence electrons. The Kier molecular flexibility index (Phi) is 5.30. The lowest BCUT2D eigenvalue weighted by Crippen LogP contribution is -2.13. The van der Waals surface area contributed by atoms with E-state index >= 15 is 0 Å². The van der Waals surface area contributed by atoms with Gasteiger partial charge in [0.15, 0.2) is 11.5 Å². The quantitative estimate of drug-likeness (QED) is 0.872. The summed E-state index contributed by atoms with van der Waals surface area (Å²) in [6.45, 7) is 1.61. The van der Waals surface area contributed by atoms with Crippen LogP contribution in [0.5, 0.6) is 17.2 Å². The average molecular weight is 289 g/mol. The van der Waals surface area contributed by atoms with Crippen LogP contribution in [0, 0.1) is 5.92 Å². The molecule has 0 bridgehead atoms. The fourth-order valence-corrected chi connectivity index (χ4v) is 2.03. The van der Waals surface area contributed by atoms with Crippen molar-refractivity contribution in [2.75, 3.05) is 21.3 Å². The van der Waals surface area contributed by atoms with Gasteiger partial charge in [0, 0.05) is 11.6 Å². The predicted molar refractivity (Wildman–Crippen MR) is 71.6 cm³/mol. The summed E-state index contributed by atoms with van der Waals surface area (Å²) < 4.78 is 15.7. The Bertz CT molecular complexity index is 473. The topological polar surface area (TPSA) is 65.0 Å². The fourth-order valence-electron chi connectivity index (χ4n) is 1.77. The number of hydrogen-bond donors (Lipinski definition) is 1. The van der Waals surface area contributed by atoms with Crippen LogP contribution >= 0.6 is 11.6 Å². The molecule has 0 aliphatic carbocycles. The molecular weight excluding hydrogens is 272 g/mol. The predicted octanol–water partition coefficient (Wildman–Crippen LogP) is 2.63. The van der Waals surface area contributed by atoms with Gasteiger partial charge >= 0.3 is 5.97 Å². The first-order valence-corrected chi connectivity index (χ1v) is 6.04. The van der Waals surface area contributed by atoms with Gasteiger partial charge in [-0.2, -0.15) is 0 Å². The molecule has 0 aromatic heterocycles. The van der Waals surface area contributed by atoms with Crippen LogP contribution in [0.25, 0.3) is 0 Å². The maximum absolute atomic E-state index is 11.0.